The fourth-order valence-electron chi connectivity index (χ4n) is 4.67. The average molecular weight is 413 g/mol. The van der Waals surface area contributed by atoms with Crippen LogP contribution in [-0.4, -0.2) is 32.9 Å². The van der Waals surface area contributed by atoms with Crippen molar-refractivity contribution in [1.82, 2.24) is 14.5 Å². The zero-order valence-electron chi connectivity index (χ0n) is 15.8. The molecule has 1 saturated carbocycles. The number of fused-ring (bicyclic) bond motifs is 1. The van der Waals surface area contributed by atoms with E-state index in [9.17, 15) is 4.79 Å². The molecule has 3 atom stereocenters. The fourth-order valence-corrected chi connectivity index (χ4v) is 4.67. The number of amides is 1. The molecule has 0 spiro atoms. The van der Waals surface area contributed by atoms with Gasteiger partial charge >= 0.3 is 0 Å². The first-order valence-electron chi connectivity index (χ1n) is 9.70. The second kappa shape index (κ2) is 9.26. The normalized spacial score (nSPS) is 25.1. The number of carbonyl (C=O) groups is 1. The van der Waals surface area contributed by atoms with Crippen LogP contribution in [-0.2, 0) is 11.3 Å². The van der Waals surface area contributed by atoms with Gasteiger partial charge in [-0.2, -0.15) is 0 Å². The second-order valence-corrected chi connectivity index (χ2v) is 7.52. The van der Waals surface area contributed by atoms with E-state index in [0.29, 0.717) is 5.91 Å². The highest BCUT2D eigenvalue weighted by atomic mass is 35.5. The van der Waals surface area contributed by atoms with E-state index in [-0.39, 0.29) is 42.8 Å². The molecule has 7 heteroatoms. The molecule has 0 bridgehead atoms. The highest BCUT2D eigenvalue weighted by Gasteiger charge is 2.37. The topological polar surface area (TPSA) is 64.2 Å². The van der Waals surface area contributed by atoms with Crippen LogP contribution in [0.1, 0.15) is 57.3 Å². The van der Waals surface area contributed by atoms with Crippen molar-refractivity contribution in [3.05, 3.63) is 30.1 Å². The van der Waals surface area contributed by atoms with Crippen molar-refractivity contribution in [2.75, 3.05) is 6.54 Å². The number of nitrogens with two attached hydrogens (primary N) is 1. The minimum Gasteiger partial charge on any atom is -0.332 e. The summed E-state index contributed by atoms with van der Waals surface area (Å²) in [6.45, 7) is 3.88. The Labute approximate surface area is 173 Å². The summed E-state index contributed by atoms with van der Waals surface area (Å²) in [7, 11) is 0. The molecule has 1 saturated heterocycles. The monoisotopic (exact) mass is 412 g/mol. The summed E-state index contributed by atoms with van der Waals surface area (Å²) in [6.07, 6.45) is 6.02. The van der Waals surface area contributed by atoms with E-state index in [1.54, 1.807) is 0 Å². The average Bonchev–Trinajstić information content (AvgIpc) is 3.25. The highest BCUT2D eigenvalue weighted by Crippen LogP contribution is 2.36. The Kier molecular flexibility index (Phi) is 7.55. The Balaban J connectivity index is 0.00000131. The van der Waals surface area contributed by atoms with E-state index in [1.165, 1.54) is 5.52 Å². The van der Waals surface area contributed by atoms with E-state index in [4.69, 9.17) is 10.7 Å². The molecule has 150 valence electrons. The zero-order valence-corrected chi connectivity index (χ0v) is 17.5. The molecule has 1 aromatic carbocycles. The number of hydrogen-bond acceptors (Lipinski definition) is 3. The van der Waals surface area contributed by atoms with Crippen molar-refractivity contribution in [1.29, 1.82) is 0 Å². The first-order chi connectivity index (χ1) is 12.2. The van der Waals surface area contributed by atoms with Crippen molar-refractivity contribution in [3.63, 3.8) is 0 Å². The first kappa shape index (κ1) is 22.0. The van der Waals surface area contributed by atoms with Crippen LogP contribution in [0.5, 0.6) is 0 Å². The van der Waals surface area contributed by atoms with Crippen LogP contribution in [0.2, 0.25) is 0 Å². The van der Waals surface area contributed by atoms with Gasteiger partial charge in [-0.25, -0.2) is 4.98 Å². The molecule has 2 N–H and O–H groups in total. The second-order valence-electron chi connectivity index (χ2n) is 7.52. The standard InChI is InChI=1S/C20H28N4O.2ClH/c1-2-23-17-10-4-3-9-16(17)22-19(23)18-11-6-12-24(18)20(25)14-7-5-8-15(21)13-14;;/h3-4,9-10,14-15,18H,2,5-8,11-13,21H2,1H3;2*1H. The Bertz CT molecular complexity index is 778. The lowest BCUT2D eigenvalue weighted by atomic mass is 9.85. The van der Waals surface area contributed by atoms with Crippen LogP contribution in [0, 0.1) is 5.92 Å². The summed E-state index contributed by atoms with van der Waals surface area (Å²) in [5.41, 5.74) is 8.31. The minimum atomic E-state index is 0. The number of hydrogen-bond donors (Lipinski definition) is 1. The van der Waals surface area contributed by atoms with Gasteiger partial charge in [-0.15, -0.1) is 24.8 Å². The smallest absolute Gasteiger partial charge is 0.226 e. The molecule has 2 aliphatic rings. The van der Waals surface area contributed by atoms with E-state index in [0.717, 1.165) is 63.0 Å². The predicted molar refractivity (Wildman–Crippen MR) is 114 cm³/mol. The molecule has 0 radical (unpaired) electrons. The van der Waals surface area contributed by atoms with E-state index < -0.39 is 0 Å². The van der Waals surface area contributed by atoms with E-state index in [2.05, 4.69) is 34.6 Å². The minimum absolute atomic E-state index is 0. The van der Waals surface area contributed by atoms with Crippen LogP contribution in [0.15, 0.2) is 24.3 Å². The van der Waals surface area contributed by atoms with Gasteiger partial charge < -0.3 is 15.2 Å². The van der Waals surface area contributed by atoms with Crippen molar-refractivity contribution in [2.24, 2.45) is 11.7 Å². The summed E-state index contributed by atoms with van der Waals surface area (Å²) >= 11 is 0. The van der Waals surface area contributed by atoms with Gasteiger partial charge in [0, 0.05) is 25.0 Å². The lowest BCUT2D eigenvalue weighted by Gasteiger charge is -2.32. The number of aromatic nitrogens is 2. The fraction of sp³-hybridized carbons (Fsp3) is 0.600. The number of rotatable bonds is 3. The predicted octanol–water partition coefficient (Wildman–Crippen LogP) is 4.08. The first-order valence-corrected chi connectivity index (χ1v) is 9.70. The van der Waals surface area contributed by atoms with E-state index >= 15 is 0 Å². The van der Waals surface area contributed by atoms with Crippen LogP contribution in [0.4, 0.5) is 0 Å². The molecule has 4 rings (SSSR count). The van der Waals surface area contributed by atoms with Crippen LogP contribution in [0.3, 0.4) is 0 Å². The van der Waals surface area contributed by atoms with Crippen molar-refractivity contribution < 1.29 is 4.79 Å². The van der Waals surface area contributed by atoms with Gasteiger partial charge in [0.25, 0.3) is 0 Å². The number of likely N-dealkylation sites (tertiary alicyclic amines) is 1. The summed E-state index contributed by atoms with van der Waals surface area (Å²) in [5, 5.41) is 0. The highest BCUT2D eigenvalue weighted by molar-refractivity contribution is 5.85. The lowest BCUT2D eigenvalue weighted by Crippen LogP contribution is -2.40. The van der Waals surface area contributed by atoms with Gasteiger partial charge in [0.05, 0.1) is 17.1 Å². The summed E-state index contributed by atoms with van der Waals surface area (Å²) in [4.78, 5) is 20.2. The van der Waals surface area contributed by atoms with Crippen LogP contribution < -0.4 is 5.73 Å². The number of benzene rings is 1. The van der Waals surface area contributed by atoms with Gasteiger partial charge in [-0.05, 0) is 51.2 Å². The maximum atomic E-state index is 13.2. The molecular weight excluding hydrogens is 383 g/mol. The summed E-state index contributed by atoms with van der Waals surface area (Å²) < 4.78 is 2.28. The summed E-state index contributed by atoms with van der Waals surface area (Å²) in [5.74, 6) is 1.45. The van der Waals surface area contributed by atoms with Crippen LogP contribution in [0.25, 0.3) is 11.0 Å². The number of nitrogens with zero attached hydrogens (tertiary/aromatic N) is 3. The third kappa shape index (κ3) is 4.10. The lowest BCUT2D eigenvalue weighted by molar-refractivity contribution is -0.137. The molecule has 1 aliphatic heterocycles. The quantitative estimate of drug-likeness (QED) is 0.825. The molecule has 2 heterocycles. The van der Waals surface area contributed by atoms with Gasteiger partial charge in [-0.1, -0.05) is 18.6 Å². The van der Waals surface area contributed by atoms with Crippen molar-refractivity contribution in [2.45, 2.75) is 64.1 Å². The summed E-state index contributed by atoms with van der Waals surface area (Å²) in [6, 6.07) is 8.56. The molecule has 27 heavy (non-hydrogen) atoms. The Morgan fingerprint density at radius 1 is 1.19 bits per heavy atom. The maximum Gasteiger partial charge on any atom is 0.226 e. The zero-order chi connectivity index (χ0) is 17.4. The van der Waals surface area contributed by atoms with Crippen molar-refractivity contribution in [3.8, 4) is 0 Å². The molecule has 1 amide bonds. The van der Waals surface area contributed by atoms with Crippen molar-refractivity contribution >= 4 is 41.8 Å². The number of para-hydroxylation sites is 2. The number of aryl methyl sites for hydroxylation is 1. The molecular formula is C20H30Cl2N4O. The largest absolute Gasteiger partial charge is 0.332 e. The SMILES string of the molecule is CCn1c(C2CCCN2C(=O)C2CCCC(N)C2)nc2ccccc21.Cl.Cl. The Morgan fingerprint density at radius 2 is 1.96 bits per heavy atom. The molecule has 5 nitrogen and oxygen atoms in total. The third-order valence-electron chi connectivity index (χ3n) is 5.90. The molecule has 2 aromatic rings. The maximum absolute atomic E-state index is 13.2. The number of imidazole rings is 1. The van der Waals surface area contributed by atoms with Crippen LogP contribution >= 0.6 is 24.8 Å². The molecule has 1 aliphatic carbocycles. The van der Waals surface area contributed by atoms with Gasteiger partial charge in [0.1, 0.15) is 5.82 Å². The molecule has 2 fully saturated rings. The third-order valence-corrected chi connectivity index (χ3v) is 5.90. The van der Waals surface area contributed by atoms with Gasteiger partial charge in [0.15, 0.2) is 0 Å². The molecule has 1 aromatic heterocycles. The number of carbonyl (C=O) groups excluding carboxylic acids is 1. The Morgan fingerprint density at radius 3 is 2.70 bits per heavy atom. The number of halogens is 2. The Hall–Kier alpha value is -1.30. The molecule has 3 unspecified atom stereocenters. The van der Waals surface area contributed by atoms with Gasteiger partial charge in [-0.3, -0.25) is 4.79 Å². The van der Waals surface area contributed by atoms with E-state index in [1.807, 2.05) is 6.07 Å². The van der Waals surface area contributed by atoms with Gasteiger partial charge in [0.2, 0.25) is 5.91 Å².